The fourth-order valence-corrected chi connectivity index (χ4v) is 2.68. The number of aliphatic imine (C=N–C) groups is 1. The summed E-state index contributed by atoms with van der Waals surface area (Å²) in [5.41, 5.74) is 0. The number of aliphatic carboxylic acids is 1. The summed E-state index contributed by atoms with van der Waals surface area (Å²) in [6.07, 6.45) is 1.53. The maximum atomic E-state index is 11.1. The molecule has 7 heteroatoms. The Morgan fingerprint density at radius 3 is 2.83 bits per heavy atom. The summed E-state index contributed by atoms with van der Waals surface area (Å²) < 4.78 is -0.529. The smallest absolute Gasteiger partial charge is 0.329 e. The zero-order valence-electron chi connectivity index (χ0n) is 9.91. The van der Waals surface area contributed by atoms with Crippen molar-refractivity contribution in [1.82, 2.24) is 4.98 Å². The molecule has 96 valence electrons. The lowest BCUT2D eigenvalue weighted by atomic mass is 10.0. The van der Waals surface area contributed by atoms with E-state index < -0.39 is 16.8 Å². The standard InChI is InChI=1S/C11H13N3O3S/c1-11(2)7(9(16)17)13-10(18-11)14-8-6(15)4-3-5-12-8/h3-5,7,15H,1-2H3,(H,16,17)(H,12,13,14). The van der Waals surface area contributed by atoms with Crippen molar-refractivity contribution in [3.63, 3.8) is 0 Å². The average Bonchev–Trinajstić information content (AvgIpc) is 2.57. The zero-order chi connectivity index (χ0) is 13.3. The molecular weight excluding hydrogens is 254 g/mol. The summed E-state index contributed by atoms with van der Waals surface area (Å²) >= 11 is 1.31. The summed E-state index contributed by atoms with van der Waals surface area (Å²) in [5.74, 6) is -0.697. The second-order valence-corrected chi connectivity index (χ2v) is 6.02. The summed E-state index contributed by atoms with van der Waals surface area (Å²) in [7, 11) is 0. The van der Waals surface area contributed by atoms with E-state index in [0.29, 0.717) is 5.17 Å². The maximum absolute atomic E-state index is 11.1. The topological polar surface area (TPSA) is 94.8 Å². The molecule has 3 N–H and O–H groups in total. The number of thioether (sulfide) groups is 1. The van der Waals surface area contributed by atoms with Crippen LogP contribution in [0.2, 0.25) is 0 Å². The molecule has 0 radical (unpaired) electrons. The number of carbonyl (C=O) groups is 1. The van der Waals surface area contributed by atoms with Crippen LogP contribution in [-0.2, 0) is 4.79 Å². The Hall–Kier alpha value is -1.76. The molecule has 18 heavy (non-hydrogen) atoms. The molecule has 1 atom stereocenters. The van der Waals surface area contributed by atoms with E-state index in [0.717, 1.165) is 0 Å². The summed E-state index contributed by atoms with van der Waals surface area (Å²) in [6, 6.07) is 2.29. The van der Waals surface area contributed by atoms with Gasteiger partial charge in [-0.25, -0.2) is 14.8 Å². The van der Waals surface area contributed by atoms with Crippen LogP contribution in [0.1, 0.15) is 13.8 Å². The third-order valence-corrected chi connectivity index (χ3v) is 3.66. The van der Waals surface area contributed by atoms with E-state index in [9.17, 15) is 9.90 Å². The second-order valence-electron chi connectivity index (χ2n) is 4.38. The van der Waals surface area contributed by atoms with Crippen LogP contribution < -0.4 is 5.32 Å². The fourth-order valence-electron chi connectivity index (χ4n) is 1.61. The van der Waals surface area contributed by atoms with Gasteiger partial charge in [0.15, 0.2) is 22.8 Å². The van der Waals surface area contributed by atoms with E-state index in [1.54, 1.807) is 6.07 Å². The van der Waals surface area contributed by atoms with Gasteiger partial charge in [0.25, 0.3) is 0 Å². The molecule has 6 nitrogen and oxygen atoms in total. The lowest BCUT2D eigenvalue weighted by molar-refractivity contribution is -0.138. The van der Waals surface area contributed by atoms with Crippen molar-refractivity contribution in [2.24, 2.45) is 4.99 Å². The molecule has 2 heterocycles. The van der Waals surface area contributed by atoms with Gasteiger partial charge >= 0.3 is 5.97 Å². The average molecular weight is 267 g/mol. The number of aromatic hydroxyl groups is 1. The Bertz CT molecular complexity index is 516. The van der Waals surface area contributed by atoms with E-state index >= 15 is 0 Å². The van der Waals surface area contributed by atoms with Crippen LogP contribution in [-0.4, -0.2) is 37.1 Å². The lowest BCUT2D eigenvalue weighted by Gasteiger charge is -2.20. The van der Waals surface area contributed by atoms with E-state index in [-0.39, 0.29) is 11.6 Å². The molecular formula is C11H13N3O3S. The molecule has 2 rings (SSSR count). The lowest BCUT2D eigenvalue weighted by Crippen LogP contribution is -2.34. The first-order valence-corrected chi connectivity index (χ1v) is 6.12. The number of carboxylic acids is 1. The number of hydrogen-bond acceptors (Lipinski definition) is 6. The van der Waals surface area contributed by atoms with Crippen LogP contribution in [0.3, 0.4) is 0 Å². The Labute approximate surface area is 108 Å². The number of pyridine rings is 1. The van der Waals surface area contributed by atoms with Gasteiger partial charge in [0, 0.05) is 6.20 Å². The third kappa shape index (κ3) is 2.40. The predicted molar refractivity (Wildman–Crippen MR) is 70.1 cm³/mol. The molecule has 0 aromatic carbocycles. The first-order valence-electron chi connectivity index (χ1n) is 5.31. The zero-order valence-corrected chi connectivity index (χ0v) is 10.7. The minimum atomic E-state index is -0.963. The minimum Gasteiger partial charge on any atom is -0.504 e. The number of rotatable bonds is 2. The fraction of sp³-hybridized carbons (Fsp3) is 0.364. The van der Waals surface area contributed by atoms with Crippen molar-refractivity contribution in [2.45, 2.75) is 24.6 Å². The highest BCUT2D eigenvalue weighted by molar-refractivity contribution is 8.15. The SMILES string of the molecule is CC1(C)SC(Nc2ncccc2O)=NC1C(=O)O. The first kappa shape index (κ1) is 12.7. The van der Waals surface area contributed by atoms with Crippen molar-refractivity contribution in [2.75, 3.05) is 5.32 Å². The second kappa shape index (κ2) is 4.49. The highest BCUT2D eigenvalue weighted by Crippen LogP contribution is 2.38. The predicted octanol–water partition coefficient (Wildman–Crippen LogP) is 1.53. The number of carboxylic acid groups (broad SMARTS) is 1. The largest absolute Gasteiger partial charge is 0.504 e. The highest BCUT2D eigenvalue weighted by atomic mass is 32.2. The molecule has 0 bridgehead atoms. The van der Waals surface area contributed by atoms with Gasteiger partial charge in [-0.3, -0.25) is 0 Å². The van der Waals surface area contributed by atoms with Gasteiger partial charge in [-0.2, -0.15) is 0 Å². The molecule has 1 aliphatic heterocycles. The number of nitrogens with zero attached hydrogens (tertiary/aromatic N) is 2. The van der Waals surface area contributed by atoms with Gasteiger partial charge < -0.3 is 15.5 Å². The van der Waals surface area contributed by atoms with Gasteiger partial charge in [0.1, 0.15) is 0 Å². The summed E-state index contributed by atoms with van der Waals surface area (Å²) in [5, 5.41) is 21.9. The van der Waals surface area contributed by atoms with E-state index in [4.69, 9.17) is 5.11 Å². The van der Waals surface area contributed by atoms with Crippen LogP contribution in [0.15, 0.2) is 23.3 Å². The Kier molecular flexibility index (Phi) is 3.16. The van der Waals surface area contributed by atoms with Gasteiger partial charge in [-0.05, 0) is 26.0 Å². The number of amidine groups is 1. The highest BCUT2D eigenvalue weighted by Gasteiger charge is 2.42. The van der Waals surface area contributed by atoms with Crippen LogP contribution in [0.4, 0.5) is 5.82 Å². The van der Waals surface area contributed by atoms with Gasteiger partial charge in [-0.15, -0.1) is 0 Å². The molecule has 0 saturated heterocycles. The monoisotopic (exact) mass is 267 g/mol. The molecule has 1 unspecified atom stereocenters. The van der Waals surface area contributed by atoms with Crippen LogP contribution in [0, 0.1) is 0 Å². The Morgan fingerprint density at radius 1 is 1.56 bits per heavy atom. The molecule has 0 amide bonds. The quantitative estimate of drug-likeness (QED) is 0.752. The molecule has 1 aromatic rings. The first-order chi connectivity index (χ1) is 8.40. The van der Waals surface area contributed by atoms with E-state index in [2.05, 4.69) is 15.3 Å². The summed E-state index contributed by atoms with van der Waals surface area (Å²) in [6.45, 7) is 3.62. The van der Waals surface area contributed by atoms with Gasteiger partial charge in [-0.1, -0.05) is 11.8 Å². The normalized spacial score (nSPS) is 21.4. The molecule has 0 spiro atoms. The summed E-state index contributed by atoms with van der Waals surface area (Å²) in [4.78, 5) is 19.1. The number of nitrogens with one attached hydrogen (secondary N) is 1. The third-order valence-electron chi connectivity index (χ3n) is 2.51. The van der Waals surface area contributed by atoms with Gasteiger partial charge in [0.05, 0.1) is 4.75 Å². The van der Waals surface area contributed by atoms with E-state index in [1.165, 1.54) is 24.0 Å². The van der Waals surface area contributed by atoms with Crippen molar-refractivity contribution < 1.29 is 15.0 Å². The van der Waals surface area contributed by atoms with Crippen LogP contribution in [0.5, 0.6) is 5.75 Å². The number of anilines is 1. The van der Waals surface area contributed by atoms with Crippen molar-refractivity contribution >= 4 is 28.7 Å². The molecule has 0 saturated carbocycles. The molecule has 1 aromatic heterocycles. The van der Waals surface area contributed by atoms with Crippen molar-refractivity contribution in [3.8, 4) is 5.75 Å². The van der Waals surface area contributed by atoms with E-state index in [1.807, 2.05) is 13.8 Å². The van der Waals surface area contributed by atoms with Crippen molar-refractivity contribution in [1.29, 1.82) is 0 Å². The number of aromatic nitrogens is 1. The Balaban J connectivity index is 2.20. The minimum absolute atomic E-state index is 0.00242. The maximum Gasteiger partial charge on any atom is 0.329 e. The molecule has 0 aliphatic carbocycles. The van der Waals surface area contributed by atoms with Crippen LogP contribution >= 0.6 is 11.8 Å². The molecule has 0 fully saturated rings. The number of hydrogen-bond donors (Lipinski definition) is 3. The van der Waals surface area contributed by atoms with Gasteiger partial charge in [0.2, 0.25) is 0 Å². The Morgan fingerprint density at radius 2 is 2.28 bits per heavy atom. The molecule has 1 aliphatic rings. The van der Waals surface area contributed by atoms with Crippen molar-refractivity contribution in [3.05, 3.63) is 18.3 Å². The van der Waals surface area contributed by atoms with Crippen LogP contribution in [0.25, 0.3) is 0 Å².